The Hall–Kier alpha value is -2.06. The van der Waals surface area contributed by atoms with Crippen molar-refractivity contribution in [3.8, 4) is 0 Å². The first kappa shape index (κ1) is 10.5. The first-order chi connectivity index (χ1) is 7.30. The van der Waals surface area contributed by atoms with Crippen LogP contribution in [0.15, 0.2) is 0 Å². The van der Waals surface area contributed by atoms with Crippen LogP contribution in [0.3, 0.4) is 0 Å². The highest BCUT2D eigenvalue weighted by atomic mass is 19.4. The van der Waals surface area contributed by atoms with Crippen molar-refractivity contribution < 1.29 is 13.2 Å². The molecule has 2 aromatic heterocycles. The quantitative estimate of drug-likeness (QED) is 0.691. The summed E-state index contributed by atoms with van der Waals surface area (Å²) in [6.07, 6.45) is -4.60. The fourth-order valence-corrected chi connectivity index (χ4v) is 1.39. The highest BCUT2D eigenvalue weighted by Crippen LogP contribution is 2.35. The minimum absolute atomic E-state index is 0.0441. The molecule has 9 heteroatoms. The van der Waals surface area contributed by atoms with Gasteiger partial charge in [-0.15, -0.1) is 0 Å². The summed E-state index contributed by atoms with van der Waals surface area (Å²) < 4.78 is 38.7. The standard InChI is InChI=1S/C7H7F3N6/c1-16-5-2(3(15-16)7(8,9)10)4(11)13-6(12)14-5/h1H3,(H4,11,12,13,14). The second kappa shape index (κ2) is 2.97. The summed E-state index contributed by atoms with van der Waals surface area (Å²) >= 11 is 0. The molecule has 0 unspecified atom stereocenters. The summed E-state index contributed by atoms with van der Waals surface area (Å²) in [7, 11) is 1.32. The van der Waals surface area contributed by atoms with Crippen LogP contribution in [0.25, 0.3) is 11.0 Å². The molecule has 86 valence electrons. The molecule has 0 saturated carbocycles. The van der Waals surface area contributed by atoms with Gasteiger partial charge in [-0.3, -0.25) is 0 Å². The summed E-state index contributed by atoms with van der Waals surface area (Å²) in [5, 5.41) is 2.99. The van der Waals surface area contributed by atoms with Gasteiger partial charge < -0.3 is 11.5 Å². The third kappa shape index (κ3) is 1.40. The molecule has 0 amide bonds. The van der Waals surface area contributed by atoms with Crippen LogP contribution in [-0.2, 0) is 13.2 Å². The number of aromatic nitrogens is 4. The van der Waals surface area contributed by atoms with Gasteiger partial charge >= 0.3 is 6.18 Å². The predicted molar refractivity (Wildman–Crippen MR) is 50.1 cm³/mol. The zero-order valence-electron chi connectivity index (χ0n) is 8.08. The normalized spacial score (nSPS) is 12.2. The van der Waals surface area contributed by atoms with Gasteiger partial charge in [0.25, 0.3) is 0 Å². The van der Waals surface area contributed by atoms with Gasteiger partial charge in [0.15, 0.2) is 11.3 Å². The molecule has 16 heavy (non-hydrogen) atoms. The Balaban J connectivity index is 2.89. The van der Waals surface area contributed by atoms with Gasteiger partial charge in [0.2, 0.25) is 5.95 Å². The molecule has 0 atom stereocenters. The zero-order chi connectivity index (χ0) is 12.1. The van der Waals surface area contributed by atoms with Crippen LogP contribution in [-0.4, -0.2) is 19.7 Å². The number of nitrogen functional groups attached to an aromatic ring is 2. The van der Waals surface area contributed by atoms with Gasteiger partial charge in [0.05, 0.1) is 5.39 Å². The van der Waals surface area contributed by atoms with Gasteiger partial charge in [-0.2, -0.15) is 28.2 Å². The Kier molecular flexibility index (Phi) is 1.94. The van der Waals surface area contributed by atoms with Crippen molar-refractivity contribution in [3.63, 3.8) is 0 Å². The topological polar surface area (TPSA) is 95.6 Å². The summed E-state index contributed by atoms with van der Waals surface area (Å²) in [6.45, 7) is 0. The van der Waals surface area contributed by atoms with Gasteiger partial charge in [0.1, 0.15) is 5.82 Å². The predicted octanol–water partition coefficient (Wildman–Crippen LogP) is 0.546. The van der Waals surface area contributed by atoms with E-state index in [0.717, 1.165) is 4.68 Å². The SMILES string of the molecule is Cn1nc(C(F)(F)F)c2c(N)nc(N)nc21. The van der Waals surface area contributed by atoms with Crippen molar-refractivity contribution in [2.24, 2.45) is 7.05 Å². The fourth-order valence-electron chi connectivity index (χ4n) is 1.39. The third-order valence-corrected chi connectivity index (χ3v) is 2.00. The van der Waals surface area contributed by atoms with E-state index in [1.54, 1.807) is 0 Å². The van der Waals surface area contributed by atoms with E-state index in [1.165, 1.54) is 7.05 Å². The van der Waals surface area contributed by atoms with E-state index in [9.17, 15) is 13.2 Å². The van der Waals surface area contributed by atoms with E-state index >= 15 is 0 Å². The second-order valence-electron chi connectivity index (χ2n) is 3.14. The molecule has 0 aliphatic rings. The van der Waals surface area contributed by atoms with Gasteiger partial charge in [-0.1, -0.05) is 0 Å². The summed E-state index contributed by atoms with van der Waals surface area (Å²) in [4.78, 5) is 7.14. The zero-order valence-corrected chi connectivity index (χ0v) is 8.08. The van der Waals surface area contributed by atoms with Crippen molar-refractivity contribution in [1.29, 1.82) is 0 Å². The number of aryl methyl sites for hydroxylation is 1. The van der Waals surface area contributed by atoms with Crippen LogP contribution >= 0.6 is 0 Å². The number of nitrogens with two attached hydrogens (primary N) is 2. The molecule has 0 fully saturated rings. The Bertz CT molecular complexity index is 557. The molecule has 0 radical (unpaired) electrons. The van der Waals surface area contributed by atoms with Crippen molar-refractivity contribution in [1.82, 2.24) is 19.7 Å². The van der Waals surface area contributed by atoms with E-state index < -0.39 is 11.9 Å². The molecule has 4 N–H and O–H groups in total. The largest absolute Gasteiger partial charge is 0.435 e. The van der Waals surface area contributed by atoms with Gasteiger partial charge in [-0.05, 0) is 0 Å². The van der Waals surface area contributed by atoms with E-state index in [0.29, 0.717) is 0 Å². The van der Waals surface area contributed by atoms with Crippen molar-refractivity contribution >= 4 is 22.8 Å². The first-order valence-electron chi connectivity index (χ1n) is 4.13. The number of hydrogen-bond donors (Lipinski definition) is 2. The maximum Gasteiger partial charge on any atom is 0.435 e. The monoisotopic (exact) mass is 232 g/mol. The Morgan fingerprint density at radius 2 is 1.81 bits per heavy atom. The number of rotatable bonds is 0. The van der Waals surface area contributed by atoms with E-state index in [-0.39, 0.29) is 22.8 Å². The second-order valence-corrected chi connectivity index (χ2v) is 3.14. The Morgan fingerprint density at radius 1 is 1.19 bits per heavy atom. The highest BCUT2D eigenvalue weighted by molar-refractivity contribution is 5.89. The number of fused-ring (bicyclic) bond motifs is 1. The molecule has 2 rings (SSSR count). The molecular weight excluding hydrogens is 225 g/mol. The van der Waals surface area contributed by atoms with Crippen LogP contribution in [0, 0.1) is 0 Å². The number of nitrogens with zero attached hydrogens (tertiary/aromatic N) is 4. The van der Waals surface area contributed by atoms with Crippen LogP contribution in [0.1, 0.15) is 5.69 Å². The number of halogens is 3. The number of alkyl halides is 3. The minimum atomic E-state index is -4.60. The Labute approximate surface area is 87.1 Å². The van der Waals surface area contributed by atoms with Crippen LogP contribution in [0.5, 0.6) is 0 Å². The van der Waals surface area contributed by atoms with E-state index in [4.69, 9.17) is 11.5 Å². The molecule has 6 nitrogen and oxygen atoms in total. The van der Waals surface area contributed by atoms with Crippen molar-refractivity contribution in [2.75, 3.05) is 11.5 Å². The summed E-state index contributed by atoms with van der Waals surface area (Å²) in [5.41, 5.74) is 9.52. The Morgan fingerprint density at radius 3 is 2.38 bits per heavy atom. The highest BCUT2D eigenvalue weighted by Gasteiger charge is 2.38. The number of anilines is 2. The fraction of sp³-hybridized carbons (Fsp3) is 0.286. The minimum Gasteiger partial charge on any atom is -0.383 e. The molecular formula is C7H7F3N6. The van der Waals surface area contributed by atoms with Crippen LogP contribution in [0.2, 0.25) is 0 Å². The molecule has 2 aromatic rings. The van der Waals surface area contributed by atoms with E-state index in [2.05, 4.69) is 15.1 Å². The average Bonchev–Trinajstić information content (AvgIpc) is 2.43. The first-order valence-corrected chi connectivity index (χ1v) is 4.13. The molecule has 0 bridgehead atoms. The smallest absolute Gasteiger partial charge is 0.383 e. The maximum absolute atomic E-state index is 12.6. The molecule has 0 aliphatic heterocycles. The molecule has 0 saturated heterocycles. The van der Waals surface area contributed by atoms with Gasteiger partial charge in [-0.25, -0.2) is 4.68 Å². The molecule has 0 spiro atoms. The molecule has 2 heterocycles. The lowest BCUT2D eigenvalue weighted by Crippen LogP contribution is -2.08. The lowest BCUT2D eigenvalue weighted by atomic mass is 10.3. The summed E-state index contributed by atoms with van der Waals surface area (Å²) in [6, 6.07) is 0. The number of hydrogen-bond acceptors (Lipinski definition) is 5. The van der Waals surface area contributed by atoms with Gasteiger partial charge in [0, 0.05) is 7.05 Å². The van der Waals surface area contributed by atoms with Crippen LogP contribution < -0.4 is 11.5 Å². The summed E-state index contributed by atoms with van der Waals surface area (Å²) in [5.74, 6) is -0.523. The van der Waals surface area contributed by atoms with Crippen molar-refractivity contribution in [2.45, 2.75) is 6.18 Å². The maximum atomic E-state index is 12.6. The van der Waals surface area contributed by atoms with E-state index in [1.807, 2.05) is 0 Å². The van der Waals surface area contributed by atoms with Crippen LogP contribution in [0.4, 0.5) is 24.9 Å². The average molecular weight is 232 g/mol. The lowest BCUT2D eigenvalue weighted by molar-refractivity contribution is -0.140. The molecule has 0 aliphatic carbocycles. The van der Waals surface area contributed by atoms with Crippen molar-refractivity contribution in [3.05, 3.63) is 5.69 Å². The molecule has 0 aromatic carbocycles. The lowest BCUT2D eigenvalue weighted by Gasteiger charge is -2.03. The third-order valence-electron chi connectivity index (χ3n) is 2.00.